The van der Waals surface area contributed by atoms with E-state index in [1.165, 1.54) is 5.56 Å². The number of ether oxygens (including phenoxy) is 2. The number of nitrogens with one attached hydrogen (secondary N) is 1. The Morgan fingerprint density at radius 3 is 2.71 bits per heavy atom. The van der Waals surface area contributed by atoms with Crippen LogP contribution in [0.5, 0.6) is 0 Å². The lowest BCUT2D eigenvalue weighted by Crippen LogP contribution is -2.44. The first-order valence-electron chi connectivity index (χ1n) is 12.7. The molecule has 0 unspecified atom stereocenters. The Balaban J connectivity index is 1.17. The van der Waals surface area contributed by atoms with Crippen LogP contribution in [0.2, 0.25) is 0 Å². The first-order chi connectivity index (χ1) is 17.1. The summed E-state index contributed by atoms with van der Waals surface area (Å²) in [5.41, 5.74) is 3.51. The van der Waals surface area contributed by atoms with E-state index in [4.69, 9.17) is 19.4 Å². The molecule has 2 aliphatic heterocycles. The van der Waals surface area contributed by atoms with Gasteiger partial charge in [0.15, 0.2) is 0 Å². The second-order valence-corrected chi connectivity index (χ2v) is 9.79. The van der Waals surface area contributed by atoms with Crippen molar-refractivity contribution in [1.29, 1.82) is 0 Å². The molecule has 2 saturated heterocycles. The van der Waals surface area contributed by atoms with E-state index < -0.39 is 11.4 Å². The number of rotatable bonds is 8. The smallest absolute Gasteiger partial charge is 0.312 e. The number of aryl methyl sites for hydroxylation is 1. The number of pyridine rings is 1. The maximum atomic E-state index is 11.8. The van der Waals surface area contributed by atoms with Crippen molar-refractivity contribution in [2.24, 2.45) is 5.41 Å². The van der Waals surface area contributed by atoms with Gasteiger partial charge in [-0.1, -0.05) is 19.4 Å². The highest BCUT2D eigenvalue weighted by molar-refractivity contribution is 5.80. The molecule has 2 fully saturated rings. The van der Waals surface area contributed by atoms with Crippen LogP contribution >= 0.6 is 0 Å². The average Bonchev–Trinajstić information content (AvgIpc) is 3.32. The number of fused-ring (bicyclic) bond motifs is 1. The minimum Gasteiger partial charge on any atom is -0.481 e. The summed E-state index contributed by atoms with van der Waals surface area (Å²) in [5.74, 6) is 1.01. The number of carbonyl (C=O) groups is 1. The number of imidazole rings is 1. The van der Waals surface area contributed by atoms with Crippen LogP contribution < -0.4 is 4.90 Å². The fraction of sp³-hybridized carbons (Fsp3) is 0.519. The zero-order valence-corrected chi connectivity index (χ0v) is 20.3. The van der Waals surface area contributed by atoms with E-state index in [1.54, 1.807) is 0 Å². The summed E-state index contributed by atoms with van der Waals surface area (Å²) in [4.78, 5) is 27.0. The van der Waals surface area contributed by atoms with E-state index >= 15 is 0 Å². The van der Waals surface area contributed by atoms with Crippen molar-refractivity contribution in [2.45, 2.75) is 51.6 Å². The van der Waals surface area contributed by atoms with E-state index in [9.17, 15) is 9.90 Å². The van der Waals surface area contributed by atoms with Crippen LogP contribution in [0.25, 0.3) is 22.4 Å². The topological polar surface area (TPSA) is 101 Å². The van der Waals surface area contributed by atoms with Gasteiger partial charge in [0.1, 0.15) is 11.6 Å². The lowest BCUT2D eigenvalue weighted by atomic mass is 9.81. The fourth-order valence-corrected chi connectivity index (χ4v) is 5.06. The van der Waals surface area contributed by atoms with Crippen molar-refractivity contribution in [1.82, 2.24) is 15.0 Å². The van der Waals surface area contributed by atoms with Crippen LogP contribution in [-0.4, -0.2) is 65.0 Å². The quantitative estimate of drug-likeness (QED) is 0.493. The van der Waals surface area contributed by atoms with E-state index in [0.717, 1.165) is 67.0 Å². The number of carboxylic acid groups (broad SMARTS) is 1. The first-order valence-corrected chi connectivity index (χ1v) is 12.7. The third-order valence-electron chi connectivity index (χ3n) is 7.37. The van der Waals surface area contributed by atoms with Gasteiger partial charge >= 0.3 is 5.97 Å². The Kier molecular flexibility index (Phi) is 7.02. The Morgan fingerprint density at radius 1 is 1.23 bits per heavy atom. The summed E-state index contributed by atoms with van der Waals surface area (Å²) in [6, 6.07) is 10.5. The predicted octanol–water partition coefficient (Wildman–Crippen LogP) is 4.44. The standard InChI is InChI=1S/C27H34N4O4/c1-2-3-19-4-6-22-23(16-19)30-25(29-22)20-5-7-24(28-17-20)31-12-8-21(9-13-31)35-18-27(26(32)33)10-14-34-15-11-27/h4-7,16-17,21H,2-3,8-15,18H2,1H3,(H,29,30)(H,32,33). The van der Waals surface area contributed by atoms with Gasteiger partial charge in [-0.25, -0.2) is 9.97 Å². The van der Waals surface area contributed by atoms with Gasteiger partial charge in [0.05, 0.1) is 29.2 Å². The minimum absolute atomic E-state index is 0.0812. The molecule has 0 bridgehead atoms. The summed E-state index contributed by atoms with van der Waals surface area (Å²) < 4.78 is 11.5. The van der Waals surface area contributed by atoms with E-state index in [1.807, 2.05) is 12.3 Å². The zero-order chi connectivity index (χ0) is 24.3. The van der Waals surface area contributed by atoms with Crippen molar-refractivity contribution >= 4 is 22.8 Å². The van der Waals surface area contributed by atoms with Gasteiger partial charge < -0.3 is 24.5 Å². The molecule has 4 heterocycles. The number of nitrogens with zero attached hydrogens (tertiary/aromatic N) is 3. The largest absolute Gasteiger partial charge is 0.481 e. The van der Waals surface area contributed by atoms with Crippen molar-refractivity contribution in [3.63, 3.8) is 0 Å². The number of anilines is 1. The zero-order valence-electron chi connectivity index (χ0n) is 20.3. The van der Waals surface area contributed by atoms with Gasteiger partial charge in [-0.3, -0.25) is 4.79 Å². The van der Waals surface area contributed by atoms with Crippen LogP contribution in [0, 0.1) is 5.41 Å². The van der Waals surface area contributed by atoms with Gasteiger partial charge in [0, 0.05) is 38.1 Å². The highest BCUT2D eigenvalue weighted by atomic mass is 16.5. The van der Waals surface area contributed by atoms with Crippen LogP contribution in [-0.2, 0) is 20.7 Å². The van der Waals surface area contributed by atoms with E-state index in [0.29, 0.717) is 26.1 Å². The van der Waals surface area contributed by atoms with Gasteiger partial charge in [0.2, 0.25) is 0 Å². The van der Waals surface area contributed by atoms with Crippen LogP contribution in [0.4, 0.5) is 5.82 Å². The summed E-state index contributed by atoms with van der Waals surface area (Å²) in [7, 11) is 0. The number of aromatic amines is 1. The molecule has 2 N–H and O–H groups in total. The van der Waals surface area contributed by atoms with Crippen LogP contribution in [0.3, 0.4) is 0 Å². The summed E-state index contributed by atoms with van der Waals surface area (Å²) in [6.07, 6.45) is 6.91. The molecule has 0 radical (unpaired) electrons. The highest BCUT2D eigenvalue weighted by Crippen LogP contribution is 2.33. The molecule has 1 aromatic carbocycles. The Bertz CT molecular complexity index is 1150. The third kappa shape index (κ3) is 5.18. The normalized spacial score (nSPS) is 18.7. The molecule has 186 valence electrons. The maximum Gasteiger partial charge on any atom is 0.312 e. The molecule has 0 atom stereocenters. The molecule has 0 saturated carbocycles. The molecule has 8 nitrogen and oxygen atoms in total. The summed E-state index contributed by atoms with van der Waals surface area (Å²) in [5, 5.41) is 9.73. The Hall–Kier alpha value is -2.97. The highest BCUT2D eigenvalue weighted by Gasteiger charge is 2.41. The maximum absolute atomic E-state index is 11.8. The molecule has 8 heteroatoms. The van der Waals surface area contributed by atoms with Crippen molar-refractivity contribution in [2.75, 3.05) is 37.8 Å². The molecule has 5 rings (SSSR count). The monoisotopic (exact) mass is 478 g/mol. The van der Waals surface area contributed by atoms with Gasteiger partial charge in [-0.15, -0.1) is 0 Å². The molecule has 3 aromatic rings. The summed E-state index contributed by atoms with van der Waals surface area (Å²) >= 11 is 0. The van der Waals surface area contributed by atoms with E-state index in [-0.39, 0.29) is 12.7 Å². The fourth-order valence-electron chi connectivity index (χ4n) is 5.06. The SMILES string of the molecule is CCCc1ccc2nc(-c3ccc(N4CCC(OCC5(C(=O)O)CCOCC5)CC4)nc3)[nH]c2c1. The number of benzene rings is 1. The van der Waals surface area contributed by atoms with Gasteiger partial charge in [-0.2, -0.15) is 0 Å². The number of hydrogen-bond acceptors (Lipinski definition) is 6. The van der Waals surface area contributed by atoms with Gasteiger partial charge in [-0.05, 0) is 61.9 Å². The average molecular weight is 479 g/mol. The predicted molar refractivity (Wildman–Crippen MR) is 135 cm³/mol. The number of hydrogen-bond donors (Lipinski definition) is 2. The van der Waals surface area contributed by atoms with Gasteiger partial charge in [0.25, 0.3) is 0 Å². The third-order valence-corrected chi connectivity index (χ3v) is 7.37. The summed E-state index contributed by atoms with van der Waals surface area (Å²) in [6.45, 7) is 5.11. The molecule has 0 spiro atoms. The van der Waals surface area contributed by atoms with Crippen LogP contribution in [0.1, 0.15) is 44.6 Å². The number of aromatic nitrogens is 3. The molecule has 0 amide bonds. The second-order valence-electron chi connectivity index (χ2n) is 9.79. The molecule has 2 aromatic heterocycles. The van der Waals surface area contributed by atoms with Crippen molar-refractivity contribution in [3.05, 3.63) is 42.1 Å². The Morgan fingerprint density at radius 2 is 2.03 bits per heavy atom. The first kappa shape index (κ1) is 23.8. The van der Waals surface area contributed by atoms with Crippen molar-refractivity contribution < 1.29 is 19.4 Å². The lowest BCUT2D eigenvalue weighted by Gasteiger charge is -2.37. The number of aliphatic carboxylic acids is 1. The Labute approximate surface area is 205 Å². The molecule has 35 heavy (non-hydrogen) atoms. The number of piperidine rings is 1. The molecule has 2 aliphatic rings. The van der Waals surface area contributed by atoms with E-state index in [2.05, 4.69) is 41.1 Å². The number of H-pyrrole nitrogens is 1. The van der Waals surface area contributed by atoms with Crippen LogP contribution in [0.15, 0.2) is 36.5 Å². The molecular formula is C27H34N4O4. The minimum atomic E-state index is -0.805. The molecule has 0 aliphatic carbocycles. The second kappa shape index (κ2) is 10.3. The molecular weight excluding hydrogens is 444 g/mol. The number of carboxylic acids is 1. The lowest BCUT2D eigenvalue weighted by molar-refractivity contribution is -0.163. The van der Waals surface area contributed by atoms with Crippen molar-refractivity contribution in [3.8, 4) is 11.4 Å².